The van der Waals surface area contributed by atoms with Crippen molar-refractivity contribution in [2.24, 2.45) is 0 Å². The van der Waals surface area contributed by atoms with E-state index in [1.54, 1.807) is 30.6 Å². The van der Waals surface area contributed by atoms with Gasteiger partial charge in [-0.25, -0.2) is 9.97 Å². The van der Waals surface area contributed by atoms with E-state index in [1.165, 1.54) is 12.5 Å². The van der Waals surface area contributed by atoms with Crippen LogP contribution in [0.5, 0.6) is 0 Å². The van der Waals surface area contributed by atoms with Crippen LogP contribution in [0.1, 0.15) is 15.9 Å². The Morgan fingerprint density at radius 3 is 2.52 bits per heavy atom. The molecule has 0 aliphatic carbocycles. The molecule has 0 bridgehead atoms. The number of nitrogens with zero attached hydrogens (tertiary/aromatic N) is 3. The van der Waals surface area contributed by atoms with Crippen molar-refractivity contribution in [3.05, 3.63) is 77.5 Å². The molecule has 1 N–H and O–H groups in total. The van der Waals surface area contributed by atoms with Crippen molar-refractivity contribution in [2.75, 3.05) is 0 Å². The SMILES string of the molecule is O=C(NCc1ccccc1Cl)c1ccc(-c2cncnc2)nc1. The summed E-state index contributed by atoms with van der Waals surface area (Å²) in [6, 6.07) is 10.9. The molecule has 0 spiro atoms. The molecule has 23 heavy (non-hydrogen) atoms. The van der Waals surface area contributed by atoms with E-state index in [-0.39, 0.29) is 5.91 Å². The van der Waals surface area contributed by atoms with Crippen LogP contribution in [0.25, 0.3) is 11.3 Å². The van der Waals surface area contributed by atoms with Crippen molar-refractivity contribution in [1.29, 1.82) is 0 Å². The molecule has 2 heterocycles. The van der Waals surface area contributed by atoms with Crippen molar-refractivity contribution in [2.45, 2.75) is 6.54 Å². The van der Waals surface area contributed by atoms with Gasteiger partial charge in [-0.05, 0) is 23.8 Å². The van der Waals surface area contributed by atoms with Crippen LogP contribution in [-0.2, 0) is 6.54 Å². The van der Waals surface area contributed by atoms with Crippen molar-refractivity contribution >= 4 is 17.5 Å². The number of carbonyl (C=O) groups is 1. The van der Waals surface area contributed by atoms with Crippen LogP contribution in [0.3, 0.4) is 0 Å². The zero-order valence-electron chi connectivity index (χ0n) is 12.1. The van der Waals surface area contributed by atoms with Gasteiger partial charge in [0.25, 0.3) is 5.91 Å². The van der Waals surface area contributed by atoms with Gasteiger partial charge in [-0.15, -0.1) is 0 Å². The summed E-state index contributed by atoms with van der Waals surface area (Å²) in [4.78, 5) is 24.3. The molecular formula is C17H13ClN4O. The summed E-state index contributed by atoms with van der Waals surface area (Å²) in [6.07, 6.45) is 6.34. The lowest BCUT2D eigenvalue weighted by molar-refractivity contribution is 0.0950. The van der Waals surface area contributed by atoms with Gasteiger partial charge < -0.3 is 5.32 Å². The molecule has 1 aromatic carbocycles. The smallest absolute Gasteiger partial charge is 0.253 e. The Hall–Kier alpha value is -2.79. The molecule has 1 amide bonds. The molecular weight excluding hydrogens is 312 g/mol. The van der Waals surface area contributed by atoms with Gasteiger partial charge in [-0.3, -0.25) is 9.78 Å². The lowest BCUT2D eigenvalue weighted by Crippen LogP contribution is -2.23. The number of hydrogen-bond donors (Lipinski definition) is 1. The van der Waals surface area contributed by atoms with Gasteiger partial charge in [0.05, 0.1) is 11.3 Å². The molecule has 0 atom stereocenters. The van der Waals surface area contributed by atoms with Gasteiger partial charge in [0.1, 0.15) is 6.33 Å². The number of benzene rings is 1. The average molecular weight is 325 g/mol. The second kappa shape index (κ2) is 6.98. The first-order valence-electron chi connectivity index (χ1n) is 6.97. The van der Waals surface area contributed by atoms with Crippen LogP contribution in [-0.4, -0.2) is 20.9 Å². The minimum atomic E-state index is -0.201. The monoisotopic (exact) mass is 324 g/mol. The molecule has 2 aromatic heterocycles. The lowest BCUT2D eigenvalue weighted by atomic mass is 10.1. The second-order valence-corrected chi connectivity index (χ2v) is 5.24. The summed E-state index contributed by atoms with van der Waals surface area (Å²) in [5.74, 6) is -0.201. The predicted octanol–water partition coefficient (Wildman–Crippen LogP) is 3.12. The first-order chi connectivity index (χ1) is 11.2. The van der Waals surface area contributed by atoms with E-state index in [0.29, 0.717) is 22.8 Å². The summed E-state index contributed by atoms with van der Waals surface area (Å²) in [5.41, 5.74) is 2.87. The fraction of sp³-hybridized carbons (Fsp3) is 0.0588. The average Bonchev–Trinajstić information content (AvgIpc) is 2.62. The van der Waals surface area contributed by atoms with E-state index >= 15 is 0 Å². The van der Waals surface area contributed by atoms with E-state index in [1.807, 2.05) is 18.2 Å². The number of amides is 1. The topological polar surface area (TPSA) is 67.8 Å². The summed E-state index contributed by atoms with van der Waals surface area (Å²) in [6.45, 7) is 0.368. The largest absolute Gasteiger partial charge is 0.348 e. The Kier molecular flexibility index (Phi) is 4.59. The zero-order valence-corrected chi connectivity index (χ0v) is 12.9. The third-order valence-corrected chi connectivity index (χ3v) is 3.65. The highest BCUT2D eigenvalue weighted by atomic mass is 35.5. The lowest BCUT2D eigenvalue weighted by Gasteiger charge is -2.07. The standard InChI is InChI=1S/C17H13ClN4O/c18-15-4-2-1-3-12(15)9-22-17(23)13-5-6-16(21-10-13)14-7-19-11-20-8-14/h1-8,10-11H,9H2,(H,22,23). The minimum absolute atomic E-state index is 0.201. The Bertz CT molecular complexity index is 806. The fourth-order valence-corrected chi connectivity index (χ4v) is 2.25. The number of nitrogens with one attached hydrogen (secondary N) is 1. The number of hydrogen-bond acceptors (Lipinski definition) is 4. The van der Waals surface area contributed by atoms with Crippen molar-refractivity contribution < 1.29 is 4.79 Å². The molecule has 0 aliphatic rings. The van der Waals surface area contributed by atoms with Gasteiger partial charge in [0, 0.05) is 35.7 Å². The molecule has 114 valence electrons. The maximum absolute atomic E-state index is 12.2. The van der Waals surface area contributed by atoms with Crippen LogP contribution >= 0.6 is 11.6 Å². The molecule has 3 aromatic rings. The summed E-state index contributed by atoms with van der Waals surface area (Å²) in [7, 11) is 0. The maximum atomic E-state index is 12.2. The fourth-order valence-electron chi connectivity index (χ4n) is 2.05. The van der Waals surface area contributed by atoms with Crippen molar-refractivity contribution in [1.82, 2.24) is 20.3 Å². The van der Waals surface area contributed by atoms with Gasteiger partial charge in [0.2, 0.25) is 0 Å². The Morgan fingerprint density at radius 2 is 1.83 bits per heavy atom. The minimum Gasteiger partial charge on any atom is -0.348 e. The second-order valence-electron chi connectivity index (χ2n) is 4.83. The number of halogens is 1. The highest BCUT2D eigenvalue weighted by molar-refractivity contribution is 6.31. The van der Waals surface area contributed by atoms with Gasteiger partial charge in [-0.1, -0.05) is 29.8 Å². The highest BCUT2D eigenvalue weighted by Crippen LogP contribution is 2.16. The highest BCUT2D eigenvalue weighted by Gasteiger charge is 2.08. The predicted molar refractivity (Wildman–Crippen MR) is 87.9 cm³/mol. The molecule has 0 unspecified atom stereocenters. The molecule has 6 heteroatoms. The normalized spacial score (nSPS) is 10.3. The van der Waals surface area contributed by atoms with E-state index in [0.717, 1.165) is 11.1 Å². The number of aromatic nitrogens is 3. The zero-order chi connectivity index (χ0) is 16.1. The van der Waals surface area contributed by atoms with E-state index < -0.39 is 0 Å². The van der Waals surface area contributed by atoms with E-state index in [2.05, 4.69) is 20.3 Å². The van der Waals surface area contributed by atoms with Gasteiger partial charge >= 0.3 is 0 Å². The van der Waals surface area contributed by atoms with Crippen LogP contribution in [0, 0.1) is 0 Å². The summed E-state index contributed by atoms with van der Waals surface area (Å²) >= 11 is 6.07. The maximum Gasteiger partial charge on any atom is 0.253 e. The molecule has 5 nitrogen and oxygen atoms in total. The van der Waals surface area contributed by atoms with Crippen molar-refractivity contribution in [3.8, 4) is 11.3 Å². The first-order valence-corrected chi connectivity index (χ1v) is 7.35. The van der Waals surface area contributed by atoms with E-state index in [9.17, 15) is 4.79 Å². The molecule has 0 saturated carbocycles. The quantitative estimate of drug-likeness (QED) is 0.800. The van der Waals surface area contributed by atoms with E-state index in [4.69, 9.17) is 11.6 Å². The van der Waals surface area contributed by atoms with Gasteiger partial charge in [0.15, 0.2) is 0 Å². The third-order valence-electron chi connectivity index (χ3n) is 3.28. The van der Waals surface area contributed by atoms with Crippen LogP contribution < -0.4 is 5.32 Å². The van der Waals surface area contributed by atoms with Crippen LogP contribution in [0.4, 0.5) is 0 Å². The molecule has 0 saturated heterocycles. The molecule has 3 rings (SSSR count). The molecule has 0 radical (unpaired) electrons. The Labute approximate surface area is 138 Å². The number of carbonyl (C=O) groups excluding carboxylic acids is 1. The number of pyridine rings is 1. The summed E-state index contributed by atoms with van der Waals surface area (Å²) in [5, 5.41) is 3.46. The Morgan fingerprint density at radius 1 is 1.04 bits per heavy atom. The summed E-state index contributed by atoms with van der Waals surface area (Å²) < 4.78 is 0. The number of rotatable bonds is 4. The van der Waals surface area contributed by atoms with Crippen LogP contribution in [0.15, 0.2) is 61.3 Å². The van der Waals surface area contributed by atoms with Gasteiger partial charge in [-0.2, -0.15) is 0 Å². The molecule has 0 fully saturated rings. The van der Waals surface area contributed by atoms with Crippen molar-refractivity contribution in [3.63, 3.8) is 0 Å². The van der Waals surface area contributed by atoms with Crippen LogP contribution in [0.2, 0.25) is 5.02 Å². The molecule has 0 aliphatic heterocycles. The third kappa shape index (κ3) is 3.70. The first kappa shape index (κ1) is 15.1. The Balaban J connectivity index is 1.67.